The molecule has 3 aromatic carbocycles. The predicted octanol–water partition coefficient (Wildman–Crippen LogP) is 4.52. The normalized spacial score (nSPS) is 15.2. The van der Waals surface area contributed by atoms with Gasteiger partial charge in [-0.05, 0) is 29.3 Å². The lowest BCUT2D eigenvalue weighted by Crippen LogP contribution is -2.50. The van der Waals surface area contributed by atoms with Gasteiger partial charge >= 0.3 is 0 Å². The summed E-state index contributed by atoms with van der Waals surface area (Å²) in [5.74, 6) is 1.99. The highest BCUT2D eigenvalue weighted by molar-refractivity contribution is 5.77. The van der Waals surface area contributed by atoms with Crippen molar-refractivity contribution in [1.82, 2.24) is 15.0 Å². The summed E-state index contributed by atoms with van der Waals surface area (Å²) < 4.78 is 21.9. The largest absolute Gasteiger partial charge is 0.454 e. The number of piperazine rings is 1. The third-order valence-corrected chi connectivity index (χ3v) is 6.95. The molecule has 1 saturated heterocycles. The van der Waals surface area contributed by atoms with E-state index in [2.05, 4.69) is 58.6 Å². The Labute approximate surface area is 221 Å². The van der Waals surface area contributed by atoms with Crippen molar-refractivity contribution in [3.8, 4) is 22.8 Å². The van der Waals surface area contributed by atoms with Crippen LogP contribution in [0.15, 0.2) is 89.5 Å². The van der Waals surface area contributed by atoms with Crippen molar-refractivity contribution in [2.45, 2.75) is 12.6 Å². The molecule has 1 amide bonds. The van der Waals surface area contributed by atoms with E-state index < -0.39 is 0 Å². The molecule has 38 heavy (non-hydrogen) atoms. The molecule has 4 aromatic rings. The van der Waals surface area contributed by atoms with Gasteiger partial charge in [0, 0.05) is 37.8 Å². The number of nitrogens with zero attached hydrogens (tertiary/aromatic N) is 3. The molecule has 1 fully saturated rings. The molecule has 3 heterocycles. The molecule has 0 bridgehead atoms. The molecule has 0 saturated carbocycles. The van der Waals surface area contributed by atoms with E-state index in [-0.39, 0.29) is 32.0 Å². The first-order chi connectivity index (χ1) is 18.7. The molecule has 0 radical (unpaired) electrons. The first kappa shape index (κ1) is 24.2. The number of carbonyl (C=O) groups is 1. The second kappa shape index (κ2) is 11.1. The minimum atomic E-state index is -0.0138. The van der Waals surface area contributed by atoms with Gasteiger partial charge in [0.15, 0.2) is 17.3 Å². The van der Waals surface area contributed by atoms with E-state index >= 15 is 0 Å². The Morgan fingerprint density at radius 2 is 1.53 bits per heavy atom. The smallest absolute Gasteiger partial charge is 0.248 e. The van der Waals surface area contributed by atoms with Gasteiger partial charge < -0.3 is 23.6 Å². The SMILES string of the molecule is O=C(COCc1cc(-c2ccc3c(c2)OCO3)on1)N1CCN(C(c2ccccc2)c2ccccc2)CC1. The summed E-state index contributed by atoms with van der Waals surface area (Å²) in [5, 5.41) is 4.08. The van der Waals surface area contributed by atoms with Crippen LogP contribution in [0.1, 0.15) is 22.9 Å². The van der Waals surface area contributed by atoms with Gasteiger partial charge in [-0.3, -0.25) is 9.69 Å². The lowest BCUT2D eigenvalue weighted by atomic mass is 9.96. The number of hydrogen-bond donors (Lipinski definition) is 0. The third kappa shape index (κ3) is 5.27. The van der Waals surface area contributed by atoms with Crippen LogP contribution < -0.4 is 9.47 Å². The van der Waals surface area contributed by atoms with Crippen molar-refractivity contribution in [3.05, 3.63) is 102 Å². The standard InChI is InChI=1S/C30H29N3O5/c34-29(20-35-19-25-18-27(38-31-25)24-11-12-26-28(17-24)37-21-36-26)32-13-15-33(16-14-32)30(22-7-3-1-4-8-22)23-9-5-2-6-10-23/h1-12,17-18,30H,13-16,19-21H2. The predicted molar refractivity (Wildman–Crippen MR) is 141 cm³/mol. The van der Waals surface area contributed by atoms with Gasteiger partial charge in [0.25, 0.3) is 0 Å². The molecule has 8 nitrogen and oxygen atoms in total. The average Bonchev–Trinajstić information content (AvgIpc) is 3.64. The molecule has 0 atom stereocenters. The van der Waals surface area contributed by atoms with Crippen molar-refractivity contribution in [3.63, 3.8) is 0 Å². The van der Waals surface area contributed by atoms with Crippen LogP contribution in [0.5, 0.6) is 11.5 Å². The summed E-state index contributed by atoms with van der Waals surface area (Å²) in [6.07, 6.45) is 0. The number of amides is 1. The second-order valence-electron chi connectivity index (χ2n) is 9.38. The van der Waals surface area contributed by atoms with Crippen LogP contribution in [-0.4, -0.2) is 60.4 Å². The fourth-order valence-corrected chi connectivity index (χ4v) is 5.01. The molecular weight excluding hydrogens is 482 g/mol. The van der Waals surface area contributed by atoms with E-state index in [1.165, 1.54) is 11.1 Å². The fraction of sp³-hybridized carbons (Fsp3) is 0.267. The van der Waals surface area contributed by atoms with Gasteiger partial charge in [0.1, 0.15) is 12.3 Å². The third-order valence-electron chi connectivity index (χ3n) is 6.95. The molecule has 6 rings (SSSR count). The monoisotopic (exact) mass is 511 g/mol. The second-order valence-corrected chi connectivity index (χ2v) is 9.38. The molecule has 1 aromatic heterocycles. The quantitative estimate of drug-likeness (QED) is 0.344. The Kier molecular flexibility index (Phi) is 7.06. The lowest BCUT2D eigenvalue weighted by Gasteiger charge is -2.39. The Hall–Kier alpha value is -4.14. The molecule has 0 N–H and O–H groups in total. The number of hydrogen-bond acceptors (Lipinski definition) is 7. The maximum Gasteiger partial charge on any atom is 0.248 e. The van der Waals surface area contributed by atoms with E-state index in [0.717, 1.165) is 18.7 Å². The number of rotatable bonds is 8. The topological polar surface area (TPSA) is 77.3 Å². The summed E-state index contributed by atoms with van der Waals surface area (Å²) in [6, 6.07) is 28.7. The molecular formula is C30H29N3O5. The zero-order valence-corrected chi connectivity index (χ0v) is 21.0. The minimum absolute atomic E-state index is 0.00696. The number of ether oxygens (including phenoxy) is 3. The van der Waals surface area contributed by atoms with Crippen molar-refractivity contribution in [2.24, 2.45) is 0 Å². The van der Waals surface area contributed by atoms with Crippen molar-refractivity contribution < 1.29 is 23.5 Å². The molecule has 0 spiro atoms. The highest BCUT2D eigenvalue weighted by Gasteiger charge is 2.28. The van der Waals surface area contributed by atoms with Crippen molar-refractivity contribution in [1.29, 1.82) is 0 Å². The van der Waals surface area contributed by atoms with Crippen LogP contribution >= 0.6 is 0 Å². The first-order valence-corrected chi connectivity index (χ1v) is 12.8. The summed E-state index contributed by atoms with van der Waals surface area (Å²) >= 11 is 0. The lowest BCUT2D eigenvalue weighted by molar-refractivity contribution is -0.138. The van der Waals surface area contributed by atoms with Crippen LogP contribution in [0.3, 0.4) is 0 Å². The van der Waals surface area contributed by atoms with Gasteiger partial charge in [0.05, 0.1) is 12.6 Å². The molecule has 2 aliphatic rings. The van der Waals surface area contributed by atoms with Gasteiger partial charge in [0.2, 0.25) is 12.7 Å². The Balaban J connectivity index is 1.01. The van der Waals surface area contributed by atoms with E-state index in [1.807, 2.05) is 41.3 Å². The molecule has 194 valence electrons. The number of aromatic nitrogens is 1. The maximum atomic E-state index is 12.9. The molecule has 0 unspecified atom stereocenters. The fourth-order valence-electron chi connectivity index (χ4n) is 5.01. The summed E-state index contributed by atoms with van der Waals surface area (Å²) in [7, 11) is 0. The van der Waals surface area contributed by atoms with Gasteiger partial charge in [-0.15, -0.1) is 0 Å². The van der Waals surface area contributed by atoms with E-state index in [0.29, 0.717) is 36.0 Å². The zero-order valence-electron chi connectivity index (χ0n) is 21.0. The molecule has 8 heteroatoms. The van der Waals surface area contributed by atoms with Crippen LogP contribution in [0, 0.1) is 0 Å². The summed E-state index contributed by atoms with van der Waals surface area (Å²) in [6.45, 7) is 3.34. The van der Waals surface area contributed by atoms with E-state index in [9.17, 15) is 4.79 Å². The Morgan fingerprint density at radius 1 is 0.842 bits per heavy atom. The van der Waals surface area contributed by atoms with Crippen molar-refractivity contribution in [2.75, 3.05) is 39.6 Å². The number of benzene rings is 3. The van der Waals surface area contributed by atoms with Crippen LogP contribution in [0.2, 0.25) is 0 Å². The molecule has 0 aliphatic carbocycles. The molecule has 2 aliphatic heterocycles. The zero-order chi connectivity index (χ0) is 25.7. The van der Waals surface area contributed by atoms with Gasteiger partial charge in [-0.25, -0.2) is 0 Å². The number of fused-ring (bicyclic) bond motifs is 1. The first-order valence-electron chi connectivity index (χ1n) is 12.8. The average molecular weight is 512 g/mol. The van der Waals surface area contributed by atoms with Gasteiger partial charge in [-0.1, -0.05) is 65.8 Å². The maximum absolute atomic E-state index is 12.9. The summed E-state index contributed by atoms with van der Waals surface area (Å²) in [5.41, 5.74) is 3.99. The minimum Gasteiger partial charge on any atom is -0.454 e. The van der Waals surface area contributed by atoms with Crippen molar-refractivity contribution >= 4 is 5.91 Å². The van der Waals surface area contributed by atoms with Crippen LogP contribution in [0.4, 0.5) is 0 Å². The Bertz CT molecular complexity index is 1330. The Morgan fingerprint density at radius 3 is 2.24 bits per heavy atom. The number of carbonyl (C=O) groups excluding carboxylic acids is 1. The highest BCUT2D eigenvalue weighted by atomic mass is 16.7. The highest BCUT2D eigenvalue weighted by Crippen LogP contribution is 2.36. The van der Waals surface area contributed by atoms with Gasteiger partial charge in [-0.2, -0.15) is 0 Å². The van der Waals surface area contributed by atoms with E-state index in [1.54, 1.807) is 0 Å². The van der Waals surface area contributed by atoms with Crippen LogP contribution in [-0.2, 0) is 16.1 Å². The van der Waals surface area contributed by atoms with E-state index in [4.69, 9.17) is 18.7 Å². The van der Waals surface area contributed by atoms with Crippen LogP contribution in [0.25, 0.3) is 11.3 Å². The summed E-state index contributed by atoms with van der Waals surface area (Å²) in [4.78, 5) is 17.2.